The average Bonchev–Trinajstić information content (AvgIpc) is 2.67. The SMILES string of the molecule is CS(=O)(=O)c1c(O)cccc1C1CCNC1. The van der Waals surface area contributed by atoms with Crippen molar-refractivity contribution in [3.63, 3.8) is 0 Å². The quantitative estimate of drug-likeness (QED) is 0.806. The van der Waals surface area contributed by atoms with Gasteiger partial charge in [-0.1, -0.05) is 12.1 Å². The molecule has 0 spiro atoms. The summed E-state index contributed by atoms with van der Waals surface area (Å²) in [6, 6.07) is 4.90. The van der Waals surface area contributed by atoms with Crippen LogP contribution in [0.25, 0.3) is 0 Å². The number of aromatic hydroxyl groups is 1. The molecule has 0 aliphatic carbocycles. The molecule has 0 radical (unpaired) electrons. The van der Waals surface area contributed by atoms with E-state index in [0.717, 1.165) is 31.3 Å². The molecule has 88 valence electrons. The fraction of sp³-hybridized carbons (Fsp3) is 0.455. The number of hydrogen-bond donors (Lipinski definition) is 2. The maximum absolute atomic E-state index is 11.7. The highest BCUT2D eigenvalue weighted by Crippen LogP contribution is 2.33. The minimum absolute atomic E-state index is 0.0868. The molecular weight excluding hydrogens is 226 g/mol. The van der Waals surface area contributed by atoms with Gasteiger partial charge in [-0.15, -0.1) is 0 Å². The van der Waals surface area contributed by atoms with Crippen LogP contribution in [0.3, 0.4) is 0 Å². The van der Waals surface area contributed by atoms with Crippen molar-refractivity contribution in [1.82, 2.24) is 5.32 Å². The molecule has 4 nitrogen and oxygen atoms in total. The van der Waals surface area contributed by atoms with Crippen molar-refractivity contribution in [2.75, 3.05) is 19.3 Å². The lowest BCUT2D eigenvalue weighted by atomic mass is 9.98. The molecule has 5 heteroatoms. The van der Waals surface area contributed by atoms with Crippen molar-refractivity contribution >= 4 is 9.84 Å². The van der Waals surface area contributed by atoms with Gasteiger partial charge in [0.25, 0.3) is 0 Å². The lowest BCUT2D eigenvalue weighted by Crippen LogP contribution is -2.11. The Hall–Kier alpha value is -1.07. The highest BCUT2D eigenvalue weighted by atomic mass is 32.2. The molecule has 0 bridgehead atoms. The van der Waals surface area contributed by atoms with E-state index in [2.05, 4.69) is 5.32 Å². The predicted octanol–water partition coefficient (Wildman–Crippen LogP) is 0.873. The number of nitrogens with one attached hydrogen (secondary N) is 1. The van der Waals surface area contributed by atoms with Gasteiger partial charge < -0.3 is 10.4 Å². The van der Waals surface area contributed by atoms with Crippen LogP contribution in [0, 0.1) is 0 Å². The first-order valence-corrected chi connectivity index (χ1v) is 7.12. The topological polar surface area (TPSA) is 66.4 Å². The van der Waals surface area contributed by atoms with Gasteiger partial charge in [0, 0.05) is 12.8 Å². The van der Waals surface area contributed by atoms with Crippen LogP contribution in [0.15, 0.2) is 23.1 Å². The normalized spacial score (nSPS) is 21.2. The summed E-state index contributed by atoms with van der Waals surface area (Å²) in [6.07, 6.45) is 2.04. The summed E-state index contributed by atoms with van der Waals surface area (Å²) in [5.41, 5.74) is 0.729. The molecule has 1 aliphatic heterocycles. The Labute approximate surface area is 95.2 Å². The van der Waals surface area contributed by atoms with Crippen LogP contribution in [0.1, 0.15) is 17.9 Å². The second kappa shape index (κ2) is 4.07. The van der Waals surface area contributed by atoms with Crippen molar-refractivity contribution in [3.8, 4) is 5.75 Å². The molecule has 16 heavy (non-hydrogen) atoms. The zero-order valence-corrected chi connectivity index (χ0v) is 9.92. The number of hydrogen-bond acceptors (Lipinski definition) is 4. The Morgan fingerprint density at radius 3 is 2.75 bits per heavy atom. The molecule has 1 aromatic carbocycles. The predicted molar refractivity (Wildman–Crippen MR) is 61.4 cm³/mol. The molecule has 2 N–H and O–H groups in total. The zero-order chi connectivity index (χ0) is 11.8. The van der Waals surface area contributed by atoms with E-state index in [0.29, 0.717) is 0 Å². The standard InChI is InChI=1S/C11H15NO3S/c1-16(14,15)11-9(3-2-4-10(11)13)8-5-6-12-7-8/h2-4,8,12-13H,5-7H2,1H3. The van der Waals surface area contributed by atoms with Crippen LogP contribution in [0.4, 0.5) is 0 Å². The number of benzene rings is 1. The van der Waals surface area contributed by atoms with E-state index in [-0.39, 0.29) is 16.6 Å². The van der Waals surface area contributed by atoms with Gasteiger partial charge in [0.05, 0.1) is 0 Å². The van der Waals surface area contributed by atoms with Crippen LogP contribution in [0.5, 0.6) is 5.75 Å². The first-order valence-electron chi connectivity index (χ1n) is 5.23. The molecule has 1 atom stereocenters. The highest BCUT2D eigenvalue weighted by Gasteiger charge is 2.25. The first kappa shape index (κ1) is 11.4. The van der Waals surface area contributed by atoms with Gasteiger partial charge in [-0.3, -0.25) is 0 Å². The summed E-state index contributed by atoms with van der Waals surface area (Å²) >= 11 is 0. The van der Waals surface area contributed by atoms with Crippen molar-refractivity contribution in [2.45, 2.75) is 17.2 Å². The smallest absolute Gasteiger partial charge is 0.179 e. The third-order valence-corrected chi connectivity index (χ3v) is 4.08. The van der Waals surface area contributed by atoms with E-state index in [1.165, 1.54) is 6.07 Å². The summed E-state index contributed by atoms with van der Waals surface area (Å²) < 4.78 is 23.3. The Kier molecular flexibility index (Phi) is 2.90. The summed E-state index contributed by atoms with van der Waals surface area (Å²) in [4.78, 5) is 0.0868. The Morgan fingerprint density at radius 1 is 1.44 bits per heavy atom. The molecule has 1 saturated heterocycles. The summed E-state index contributed by atoms with van der Waals surface area (Å²) in [5.74, 6) is 0.0312. The van der Waals surface area contributed by atoms with Gasteiger partial charge in [-0.05, 0) is 30.5 Å². The van der Waals surface area contributed by atoms with Crippen LogP contribution >= 0.6 is 0 Å². The van der Waals surface area contributed by atoms with Crippen molar-refractivity contribution in [3.05, 3.63) is 23.8 Å². The van der Waals surface area contributed by atoms with Crippen LogP contribution in [-0.2, 0) is 9.84 Å². The molecule has 0 aromatic heterocycles. The van der Waals surface area contributed by atoms with Crippen molar-refractivity contribution in [2.24, 2.45) is 0 Å². The van der Waals surface area contributed by atoms with E-state index in [1.807, 2.05) is 0 Å². The van der Waals surface area contributed by atoms with E-state index in [1.54, 1.807) is 12.1 Å². The molecule has 1 fully saturated rings. The van der Waals surface area contributed by atoms with Crippen LogP contribution in [0.2, 0.25) is 0 Å². The fourth-order valence-corrected chi connectivity index (χ4v) is 3.30. The minimum atomic E-state index is -3.38. The maximum Gasteiger partial charge on any atom is 0.179 e. The van der Waals surface area contributed by atoms with Gasteiger partial charge >= 0.3 is 0 Å². The molecule has 1 aliphatic rings. The first-order chi connectivity index (χ1) is 7.50. The molecule has 1 aromatic rings. The van der Waals surface area contributed by atoms with E-state index in [9.17, 15) is 13.5 Å². The third-order valence-electron chi connectivity index (χ3n) is 2.90. The monoisotopic (exact) mass is 241 g/mol. The third kappa shape index (κ3) is 2.05. The number of phenols is 1. The van der Waals surface area contributed by atoms with Gasteiger partial charge in [-0.25, -0.2) is 8.42 Å². The molecule has 0 saturated carbocycles. The summed E-state index contributed by atoms with van der Waals surface area (Å²) in [6.45, 7) is 1.66. The Bertz CT molecular complexity index is 490. The van der Waals surface area contributed by atoms with Crippen LogP contribution < -0.4 is 5.32 Å². The summed E-state index contributed by atoms with van der Waals surface area (Å²) in [7, 11) is -3.38. The van der Waals surface area contributed by atoms with E-state index < -0.39 is 9.84 Å². The summed E-state index contributed by atoms with van der Waals surface area (Å²) in [5, 5.41) is 12.9. The van der Waals surface area contributed by atoms with Gasteiger partial charge in [0.1, 0.15) is 10.6 Å². The zero-order valence-electron chi connectivity index (χ0n) is 9.10. The molecule has 2 rings (SSSR count). The van der Waals surface area contributed by atoms with Crippen molar-refractivity contribution < 1.29 is 13.5 Å². The maximum atomic E-state index is 11.7. The van der Waals surface area contributed by atoms with E-state index in [4.69, 9.17) is 0 Å². The van der Waals surface area contributed by atoms with Crippen molar-refractivity contribution in [1.29, 1.82) is 0 Å². The Balaban J connectivity index is 2.56. The lowest BCUT2D eigenvalue weighted by molar-refractivity contribution is 0.455. The molecular formula is C11H15NO3S. The second-order valence-electron chi connectivity index (χ2n) is 4.16. The largest absolute Gasteiger partial charge is 0.507 e. The molecule has 1 unspecified atom stereocenters. The molecule has 0 amide bonds. The number of phenolic OH excluding ortho intramolecular Hbond substituents is 1. The van der Waals surface area contributed by atoms with Gasteiger partial charge in [0.2, 0.25) is 0 Å². The highest BCUT2D eigenvalue weighted by molar-refractivity contribution is 7.90. The van der Waals surface area contributed by atoms with E-state index >= 15 is 0 Å². The minimum Gasteiger partial charge on any atom is -0.507 e. The second-order valence-corrected chi connectivity index (χ2v) is 6.11. The molecule has 1 heterocycles. The number of sulfone groups is 1. The lowest BCUT2D eigenvalue weighted by Gasteiger charge is -2.14. The van der Waals surface area contributed by atoms with Gasteiger partial charge in [0.15, 0.2) is 9.84 Å². The Morgan fingerprint density at radius 2 is 2.19 bits per heavy atom. The number of rotatable bonds is 2. The van der Waals surface area contributed by atoms with Gasteiger partial charge in [-0.2, -0.15) is 0 Å². The van der Waals surface area contributed by atoms with Crippen LogP contribution in [-0.4, -0.2) is 32.9 Å². The average molecular weight is 241 g/mol. The fourth-order valence-electron chi connectivity index (χ4n) is 2.19.